The fourth-order valence-corrected chi connectivity index (χ4v) is 3.11. The van der Waals surface area contributed by atoms with Crippen LogP contribution in [0.3, 0.4) is 0 Å². The predicted octanol–water partition coefficient (Wildman–Crippen LogP) is 6.49. The molecule has 0 fully saturated rings. The Morgan fingerprint density at radius 2 is 1.70 bits per heavy atom. The fraction of sp³-hybridized carbons (Fsp3) is 0.130. The first-order chi connectivity index (χ1) is 14.2. The molecular formula is C23H17ClF2O4. The van der Waals surface area contributed by atoms with E-state index in [1.807, 2.05) is 6.92 Å². The van der Waals surface area contributed by atoms with Gasteiger partial charge in [-0.15, -0.1) is 0 Å². The van der Waals surface area contributed by atoms with Crippen LogP contribution in [0.4, 0.5) is 8.78 Å². The smallest absolute Gasteiger partial charge is 0.335 e. The van der Waals surface area contributed by atoms with Gasteiger partial charge in [0.25, 0.3) is 0 Å². The molecule has 0 aliphatic heterocycles. The van der Waals surface area contributed by atoms with Crippen LogP contribution in [-0.2, 0) is 0 Å². The van der Waals surface area contributed by atoms with Gasteiger partial charge in [-0.25, -0.2) is 13.6 Å². The van der Waals surface area contributed by atoms with Crippen LogP contribution in [0.25, 0.3) is 0 Å². The van der Waals surface area contributed by atoms with Crippen molar-refractivity contribution in [1.29, 1.82) is 0 Å². The van der Waals surface area contributed by atoms with Crippen LogP contribution in [0.1, 0.15) is 45.5 Å². The molecule has 0 saturated carbocycles. The zero-order valence-electron chi connectivity index (χ0n) is 15.9. The zero-order chi connectivity index (χ0) is 21.8. The monoisotopic (exact) mass is 430 g/mol. The summed E-state index contributed by atoms with van der Waals surface area (Å²) in [6, 6.07) is 13.9. The van der Waals surface area contributed by atoms with Gasteiger partial charge in [0, 0.05) is 17.5 Å². The Morgan fingerprint density at radius 1 is 1.00 bits per heavy atom. The number of ketones is 1. The van der Waals surface area contributed by atoms with Crippen molar-refractivity contribution in [3.63, 3.8) is 0 Å². The number of hydrogen-bond donors (Lipinski definition) is 1. The van der Waals surface area contributed by atoms with E-state index in [4.69, 9.17) is 21.4 Å². The topological polar surface area (TPSA) is 63.6 Å². The molecule has 0 radical (unpaired) electrons. The van der Waals surface area contributed by atoms with Gasteiger partial charge in [-0.1, -0.05) is 30.7 Å². The van der Waals surface area contributed by atoms with Crippen LogP contribution in [0.5, 0.6) is 11.5 Å². The quantitative estimate of drug-likeness (QED) is 0.435. The Hall–Kier alpha value is -3.25. The highest BCUT2D eigenvalue weighted by Gasteiger charge is 2.19. The van der Waals surface area contributed by atoms with E-state index in [1.165, 1.54) is 36.4 Å². The van der Waals surface area contributed by atoms with Gasteiger partial charge in [0.2, 0.25) is 0 Å². The van der Waals surface area contributed by atoms with E-state index in [9.17, 15) is 18.4 Å². The second-order valence-corrected chi connectivity index (χ2v) is 7.21. The zero-order valence-corrected chi connectivity index (χ0v) is 16.6. The third-order valence-corrected chi connectivity index (χ3v) is 4.81. The molecule has 0 aliphatic carbocycles. The number of ether oxygens (including phenoxy) is 1. The van der Waals surface area contributed by atoms with E-state index in [0.29, 0.717) is 5.02 Å². The number of hydrogen-bond acceptors (Lipinski definition) is 3. The van der Waals surface area contributed by atoms with E-state index in [0.717, 1.165) is 17.7 Å². The Labute approximate surface area is 176 Å². The highest BCUT2D eigenvalue weighted by atomic mass is 35.5. The number of Topliss-reactive ketones (excluding diaryl/α,β-unsaturated/α-hetero) is 1. The summed E-state index contributed by atoms with van der Waals surface area (Å²) in [5, 5.41) is 9.32. The molecule has 1 atom stereocenters. The minimum Gasteiger partial charge on any atom is -0.478 e. The third kappa shape index (κ3) is 5.02. The molecule has 0 aromatic heterocycles. The Morgan fingerprint density at radius 3 is 2.33 bits per heavy atom. The highest BCUT2D eigenvalue weighted by Crippen LogP contribution is 2.31. The molecule has 0 amide bonds. The molecule has 0 heterocycles. The van der Waals surface area contributed by atoms with Crippen LogP contribution >= 0.6 is 11.6 Å². The maximum Gasteiger partial charge on any atom is 0.335 e. The second-order valence-electron chi connectivity index (χ2n) is 6.77. The van der Waals surface area contributed by atoms with Crippen molar-refractivity contribution in [3.05, 3.63) is 94.0 Å². The number of carboxylic acids is 1. The number of halogens is 3. The van der Waals surface area contributed by atoms with Crippen molar-refractivity contribution in [2.24, 2.45) is 0 Å². The van der Waals surface area contributed by atoms with Crippen molar-refractivity contribution in [2.45, 2.75) is 19.3 Å². The van der Waals surface area contributed by atoms with Crippen LogP contribution < -0.4 is 4.74 Å². The Bertz CT molecular complexity index is 1100. The largest absolute Gasteiger partial charge is 0.478 e. The molecule has 154 valence electrons. The maximum absolute atomic E-state index is 13.5. The summed E-state index contributed by atoms with van der Waals surface area (Å²) in [5.41, 5.74) is 1.18. The molecule has 30 heavy (non-hydrogen) atoms. The molecule has 0 spiro atoms. The number of carbonyl (C=O) groups excluding carboxylic acids is 1. The summed E-state index contributed by atoms with van der Waals surface area (Å²) < 4.78 is 32.2. The summed E-state index contributed by atoms with van der Waals surface area (Å²) in [5.74, 6) is -3.33. The molecule has 0 bridgehead atoms. The van der Waals surface area contributed by atoms with Gasteiger partial charge in [0.15, 0.2) is 17.4 Å². The maximum atomic E-state index is 13.5. The van der Waals surface area contributed by atoms with Crippen molar-refractivity contribution in [1.82, 2.24) is 0 Å². The third-order valence-electron chi connectivity index (χ3n) is 4.58. The van der Waals surface area contributed by atoms with E-state index in [-0.39, 0.29) is 40.7 Å². The summed E-state index contributed by atoms with van der Waals surface area (Å²) in [6.07, 6.45) is 0.112. The van der Waals surface area contributed by atoms with Crippen molar-refractivity contribution in [3.8, 4) is 11.5 Å². The SMILES string of the molecule is C[C@H](CC(=O)c1cc(Cl)ccc1Oc1ccc(F)c(F)c1)c1ccc(C(=O)O)cc1. The lowest BCUT2D eigenvalue weighted by molar-refractivity contribution is 0.0696. The van der Waals surface area contributed by atoms with Crippen LogP contribution in [0, 0.1) is 11.6 Å². The molecular weight excluding hydrogens is 414 g/mol. The lowest BCUT2D eigenvalue weighted by Gasteiger charge is -2.15. The van der Waals surface area contributed by atoms with Crippen molar-refractivity contribution < 1.29 is 28.2 Å². The lowest BCUT2D eigenvalue weighted by atomic mass is 9.92. The van der Waals surface area contributed by atoms with E-state index in [2.05, 4.69) is 0 Å². The van der Waals surface area contributed by atoms with E-state index < -0.39 is 17.6 Å². The fourth-order valence-electron chi connectivity index (χ4n) is 2.94. The van der Waals surface area contributed by atoms with Crippen molar-refractivity contribution >= 4 is 23.4 Å². The molecule has 1 N–H and O–H groups in total. The molecule has 3 aromatic carbocycles. The highest BCUT2D eigenvalue weighted by molar-refractivity contribution is 6.31. The van der Waals surface area contributed by atoms with E-state index >= 15 is 0 Å². The average molecular weight is 431 g/mol. The summed E-state index contributed by atoms with van der Waals surface area (Å²) in [7, 11) is 0. The summed E-state index contributed by atoms with van der Waals surface area (Å²) in [6.45, 7) is 1.84. The van der Waals surface area contributed by atoms with Gasteiger partial charge < -0.3 is 9.84 Å². The number of carbonyl (C=O) groups is 2. The van der Waals surface area contributed by atoms with Gasteiger partial charge >= 0.3 is 5.97 Å². The standard InChI is InChI=1S/C23H17ClF2O4/c1-13(14-2-4-15(5-3-14)23(28)29)10-21(27)18-11-16(24)6-9-22(18)30-17-7-8-19(25)20(26)12-17/h2-9,11-13H,10H2,1H3,(H,28,29)/t13-/m1/s1. The molecule has 0 aliphatic rings. The minimum atomic E-state index is -1.06. The van der Waals surface area contributed by atoms with Gasteiger partial charge in [-0.2, -0.15) is 0 Å². The van der Waals surface area contributed by atoms with Crippen molar-refractivity contribution in [2.75, 3.05) is 0 Å². The van der Waals surface area contributed by atoms with E-state index in [1.54, 1.807) is 12.1 Å². The van der Waals surface area contributed by atoms with Gasteiger partial charge in [0.05, 0.1) is 11.1 Å². The first kappa shape index (κ1) is 21.5. The minimum absolute atomic E-state index is 0.0441. The number of aromatic carboxylic acids is 1. The molecule has 0 saturated heterocycles. The molecule has 0 unspecified atom stereocenters. The molecule has 7 heteroatoms. The lowest BCUT2D eigenvalue weighted by Crippen LogP contribution is -2.07. The molecule has 4 nitrogen and oxygen atoms in total. The average Bonchev–Trinajstić information content (AvgIpc) is 2.72. The first-order valence-electron chi connectivity index (χ1n) is 9.03. The van der Waals surface area contributed by atoms with Crippen LogP contribution in [0.2, 0.25) is 5.02 Å². The molecule has 3 rings (SSSR count). The first-order valence-corrected chi connectivity index (χ1v) is 9.41. The van der Waals surface area contributed by atoms with Gasteiger partial charge in [0.1, 0.15) is 11.5 Å². The normalized spacial score (nSPS) is 11.7. The summed E-state index contributed by atoms with van der Waals surface area (Å²) >= 11 is 6.04. The molecule has 3 aromatic rings. The number of rotatable bonds is 7. The number of carboxylic acid groups (broad SMARTS) is 1. The number of benzene rings is 3. The van der Waals surface area contributed by atoms with Crippen LogP contribution in [0.15, 0.2) is 60.7 Å². The predicted molar refractivity (Wildman–Crippen MR) is 109 cm³/mol. The Balaban J connectivity index is 1.81. The second kappa shape index (κ2) is 9.05. The summed E-state index contributed by atoms with van der Waals surface area (Å²) in [4.78, 5) is 23.9. The van der Waals surface area contributed by atoms with Gasteiger partial charge in [-0.3, -0.25) is 4.79 Å². The van der Waals surface area contributed by atoms with Crippen LogP contribution in [-0.4, -0.2) is 16.9 Å². The Kier molecular flexibility index (Phi) is 6.47. The van der Waals surface area contributed by atoms with Gasteiger partial charge in [-0.05, 0) is 53.9 Å².